The van der Waals surface area contributed by atoms with Crippen LogP contribution in [0.25, 0.3) is 0 Å². The minimum atomic E-state index is 0. The van der Waals surface area contributed by atoms with Gasteiger partial charge in [-0.3, -0.25) is 0 Å². The highest BCUT2D eigenvalue weighted by atomic mass is 35.5. The smallest absolute Gasteiger partial charge is 0.118 e. The fourth-order valence-corrected chi connectivity index (χ4v) is 2.43. The predicted molar refractivity (Wildman–Crippen MR) is 82.4 cm³/mol. The molecule has 1 unspecified atom stereocenters. The molecule has 1 aliphatic heterocycles. The quantitative estimate of drug-likeness (QED) is 0.786. The summed E-state index contributed by atoms with van der Waals surface area (Å²) in [6, 6.07) is 8.34. The van der Waals surface area contributed by atoms with Crippen LogP contribution in [0, 0.1) is 5.92 Å². The molecule has 1 aromatic rings. The number of halogens is 1. The van der Waals surface area contributed by atoms with Crippen LogP contribution in [0.3, 0.4) is 0 Å². The second-order valence-corrected chi connectivity index (χ2v) is 5.01. The van der Waals surface area contributed by atoms with E-state index >= 15 is 0 Å². The van der Waals surface area contributed by atoms with E-state index in [1.165, 1.54) is 31.5 Å². The lowest BCUT2D eigenvalue weighted by Gasteiger charge is -2.22. The Labute approximate surface area is 122 Å². The number of nitrogens with one attached hydrogen (secondary N) is 2. The van der Waals surface area contributed by atoms with E-state index in [9.17, 15) is 0 Å². The number of benzene rings is 1. The van der Waals surface area contributed by atoms with Crippen molar-refractivity contribution in [3.8, 4) is 5.75 Å². The summed E-state index contributed by atoms with van der Waals surface area (Å²) >= 11 is 0. The van der Waals surface area contributed by atoms with Gasteiger partial charge in [0.25, 0.3) is 0 Å². The van der Waals surface area contributed by atoms with E-state index in [1.54, 1.807) is 7.11 Å². The molecule has 4 heteroatoms. The molecule has 1 aromatic carbocycles. The maximum absolute atomic E-state index is 5.15. The predicted octanol–water partition coefficient (Wildman–Crippen LogP) is 2.25. The van der Waals surface area contributed by atoms with Crippen molar-refractivity contribution < 1.29 is 4.74 Å². The van der Waals surface area contributed by atoms with Crippen LogP contribution in [-0.2, 0) is 6.42 Å². The van der Waals surface area contributed by atoms with Crippen molar-refractivity contribution in [2.45, 2.75) is 19.3 Å². The summed E-state index contributed by atoms with van der Waals surface area (Å²) < 4.78 is 5.15. The minimum absolute atomic E-state index is 0. The highest BCUT2D eigenvalue weighted by molar-refractivity contribution is 5.85. The molecule has 1 heterocycles. The molecule has 1 saturated heterocycles. The van der Waals surface area contributed by atoms with Gasteiger partial charge in [-0.2, -0.15) is 0 Å². The Hall–Kier alpha value is -0.770. The van der Waals surface area contributed by atoms with E-state index in [-0.39, 0.29) is 12.4 Å². The lowest BCUT2D eigenvalue weighted by atomic mass is 10.00. The van der Waals surface area contributed by atoms with Crippen molar-refractivity contribution >= 4 is 12.4 Å². The second-order valence-electron chi connectivity index (χ2n) is 5.01. The summed E-state index contributed by atoms with van der Waals surface area (Å²) in [5.74, 6) is 1.75. The fourth-order valence-electron chi connectivity index (χ4n) is 2.43. The summed E-state index contributed by atoms with van der Waals surface area (Å²) in [6.45, 7) is 4.57. The topological polar surface area (TPSA) is 33.3 Å². The van der Waals surface area contributed by atoms with Crippen LogP contribution in [0.2, 0.25) is 0 Å². The van der Waals surface area contributed by atoms with Gasteiger partial charge in [0.2, 0.25) is 0 Å². The standard InChI is InChI=1S/C15H24N2O.ClH/c1-18-15-6-4-13(5-7-15)8-10-17-12-14-3-2-9-16-11-14;/h4-7,14,16-17H,2-3,8-12H2,1H3;1H. The molecule has 19 heavy (non-hydrogen) atoms. The fraction of sp³-hybridized carbons (Fsp3) is 0.600. The molecule has 1 fully saturated rings. The van der Waals surface area contributed by atoms with Gasteiger partial charge in [0.1, 0.15) is 5.75 Å². The molecule has 108 valence electrons. The van der Waals surface area contributed by atoms with Gasteiger partial charge in [-0.15, -0.1) is 12.4 Å². The summed E-state index contributed by atoms with van der Waals surface area (Å²) in [7, 11) is 1.70. The van der Waals surface area contributed by atoms with E-state index in [2.05, 4.69) is 22.8 Å². The Morgan fingerprint density at radius 2 is 2.11 bits per heavy atom. The third-order valence-corrected chi connectivity index (χ3v) is 3.58. The van der Waals surface area contributed by atoms with Crippen molar-refractivity contribution in [2.75, 3.05) is 33.3 Å². The molecule has 0 spiro atoms. The molecule has 0 aromatic heterocycles. The van der Waals surface area contributed by atoms with Crippen molar-refractivity contribution in [1.29, 1.82) is 0 Å². The maximum Gasteiger partial charge on any atom is 0.118 e. The van der Waals surface area contributed by atoms with Crippen LogP contribution in [0.1, 0.15) is 18.4 Å². The van der Waals surface area contributed by atoms with E-state index in [0.29, 0.717) is 0 Å². The zero-order valence-corrected chi connectivity index (χ0v) is 12.5. The number of hydrogen-bond donors (Lipinski definition) is 2. The third-order valence-electron chi connectivity index (χ3n) is 3.58. The Morgan fingerprint density at radius 3 is 2.74 bits per heavy atom. The molecule has 0 radical (unpaired) electrons. The van der Waals surface area contributed by atoms with Crippen molar-refractivity contribution in [3.63, 3.8) is 0 Å². The first-order chi connectivity index (χ1) is 8.88. The van der Waals surface area contributed by atoms with Crippen molar-refractivity contribution in [2.24, 2.45) is 5.92 Å². The Bertz CT molecular complexity index is 337. The average Bonchev–Trinajstić information content (AvgIpc) is 2.45. The SMILES string of the molecule is COc1ccc(CCNCC2CCCNC2)cc1.Cl. The normalized spacial score (nSPS) is 18.7. The van der Waals surface area contributed by atoms with Gasteiger partial charge in [-0.1, -0.05) is 12.1 Å². The van der Waals surface area contributed by atoms with Crippen LogP contribution in [-0.4, -0.2) is 33.3 Å². The third kappa shape index (κ3) is 5.81. The molecule has 1 atom stereocenters. The number of piperidine rings is 1. The van der Waals surface area contributed by atoms with Gasteiger partial charge in [0.15, 0.2) is 0 Å². The van der Waals surface area contributed by atoms with Gasteiger partial charge in [0.05, 0.1) is 7.11 Å². The first-order valence-electron chi connectivity index (χ1n) is 6.93. The van der Waals surface area contributed by atoms with Gasteiger partial charge < -0.3 is 15.4 Å². The van der Waals surface area contributed by atoms with Gasteiger partial charge in [-0.05, 0) is 69.1 Å². The van der Waals surface area contributed by atoms with Crippen LogP contribution in [0.5, 0.6) is 5.75 Å². The lowest BCUT2D eigenvalue weighted by molar-refractivity contribution is 0.361. The van der Waals surface area contributed by atoms with Gasteiger partial charge in [0, 0.05) is 0 Å². The summed E-state index contributed by atoms with van der Waals surface area (Å²) in [4.78, 5) is 0. The molecule has 3 nitrogen and oxygen atoms in total. The highest BCUT2D eigenvalue weighted by Crippen LogP contribution is 2.11. The van der Waals surface area contributed by atoms with Crippen LogP contribution in [0.15, 0.2) is 24.3 Å². The molecule has 0 saturated carbocycles. The van der Waals surface area contributed by atoms with E-state index < -0.39 is 0 Å². The molecule has 0 bridgehead atoms. The number of methoxy groups -OCH3 is 1. The molecule has 2 N–H and O–H groups in total. The first-order valence-corrected chi connectivity index (χ1v) is 6.93. The summed E-state index contributed by atoms with van der Waals surface area (Å²) in [6.07, 6.45) is 3.78. The molecule has 0 aliphatic carbocycles. The minimum Gasteiger partial charge on any atom is -0.497 e. The zero-order chi connectivity index (χ0) is 12.6. The van der Waals surface area contributed by atoms with Crippen molar-refractivity contribution in [3.05, 3.63) is 29.8 Å². The first kappa shape index (κ1) is 16.3. The molecular weight excluding hydrogens is 260 g/mol. The van der Waals surface area contributed by atoms with E-state index in [4.69, 9.17) is 4.74 Å². The Kier molecular flexibility index (Phi) is 7.87. The van der Waals surface area contributed by atoms with E-state index in [0.717, 1.165) is 31.2 Å². The molecular formula is C15H25ClN2O. The zero-order valence-electron chi connectivity index (χ0n) is 11.7. The van der Waals surface area contributed by atoms with Gasteiger partial charge in [-0.25, -0.2) is 0 Å². The Balaban J connectivity index is 0.00000180. The van der Waals surface area contributed by atoms with Crippen LogP contribution >= 0.6 is 12.4 Å². The molecule has 0 amide bonds. The number of hydrogen-bond acceptors (Lipinski definition) is 3. The largest absolute Gasteiger partial charge is 0.497 e. The van der Waals surface area contributed by atoms with Crippen LogP contribution in [0.4, 0.5) is 0 Å². The Morgan fingerprint density at radius 1 is 1.32 bits per heavy atom. The number of ether oxygens (including phenoxy) is 1. The highest BCUT2D eigenvalue weighted by Gasteiger charge is 2.11. The van der Waals surface area contributed by atoms with Crippen LogP contribution < -0.4 is 15.4 Å². The van der Waals surface area contributed by atoms with Gasteiger partial charge >= 0.3 is 0 Å². The summed E-state index contributed by atoms with van der Waals surface area (Å²) in [5.41, 5.74) is 1.37. The average molecular weight is 285 g/mol. The monoisotopic (exact) mass is 284 g/mol. The molecule has 2 rings (SSSR count). The van der Waals surface area contributed by atoms with E-state index in [1.807, 2.05) is 12.1 Å². The maximum atomic E-state index is 5.15. The second kappa shape index (κ2) is 9.18. The molecule has 1 aliphatic rings. The number of rotatable bonds is 6. The lowest BCUT2D eigenvalue weighted by Crippen LogP contribution is -2.36. The summed E-state index contributed by atoms with van der Waals surface area (Å²) in [5, 5.41) is 7.01. The van der Waals surface area contributed by atoms with Crippen molar-refractivity contribution in [1.82, 2.24) is 10.6 Å².